The topological polar surface area (TPSA) is 78.5 Å². The van der Waals surface area contributed by atoms with E-state index in [-0.39, 0.29) is 6.03 Å². The zero-order chi connectivity index (χ0) is 17.2. The molecule has 1 aliphatic heterocycles. The molecule has 0 unspecified atom stereocenters. The van der Waals surface area contributed by atoms with E-state index in [1.807, 2.05) is 23.6 Å². The molecule has 2 amide bonds. The second kappa shape index (κ2) is 6.82. The number of hydrogen-bond donors (Lipinski definition) is 2. The van der Waals surface area contributed by atoms with Crippen LogP contribution in [-0.4, -0.2) is 32.1 Å². The van der Waals surface area contributed by atoms with Gasteiger partial charge in [-0.2, -0.15) is 0 Å². The van der Waals surface area contributed by atoms with Crippen LogP contribution in [-0.2, 0) is 29.5 Å². The first-order valence-electron chi connectivity index (χ1n) is 7.56. The molecule has 0 bridgehead atoms. The predicted molar refractivity (Wildman–Crippen MR) is 95.6 cm³/mol. The molecule has 2 N–H and O–H groups in total. The number of nitrogens with one attached hydrogen (secondary N) is 2. The Morgan fingerprint density at radius 2 is 2.12 bits per heavy atom. The van der Waals surface area contributed by atoms with Crippen LogP contribution in [0.1, 0.15) is 16.0 Å². The summed E-state index contributed by atoms with van der Waals surface area (Å²) < 4.78 is 25.5. The highest BCUT2D eigenvalue weighted by Gasteiger charge is 2.23. The van der Waals surface area contributed by atoms with Crippen LogP contribution in [0.5, 0.6) is 0 Å². The first-order valence-corrected chi connectivity index (χ1v) is 10.3. The van der Waals surface area contributed by atoms with Crippen molar-refractivity contribution in [3.8, 4) is 0 Å². The van der Waals surface area contributed by atoms with Crippen molar-refractivity contribution >= 4 is 33.1 Å². The lowest BCUT2D eigenvalue weighted by molar-refractivity contribution is 0.192. The van der Waals surface area contributed by atoms with Crippen molar-refractivity contribution < 1.29 is 13.2 Å². The lowest BCUT2D eigenvalue weighted by Gasteiger charge is -2.30. The number of benzene rings is 1. The van der Waals surface area contributed by atoms with Gasteiger partial charge in [0.1, 0.15) is 0 Å². The highest BCUT2D eigenvalue weighted by molar-refractivity contribution is 7.92. The number of amides is 2. The minimum absolute atomic E-state index is 0.101. The van der Waals surface area contributed by atoms with E-state index >= 15 is 0 Å². The molecule has 2 aromatic rings. The summed E-state index contributed by atoms with van der Waals surface area (Å²) in [7, 11) is -3.32. The molecule has 0 aliphatic carbocycles. The first kappa shape index (κ1) is 16.8. The van der Waals surface area contributed by atoms with Gasteiger partial charge < -0.3 is 10.2 Å². The van der Waals surface area contributed by atoms with Crippen molar-refractivity contribution in [2.75, 3.05) is 17.5 Å². The molecular formula is C16H19N3O3S2. The molecule has 0 saturated heterocycles. The normalized spacial score (nSPS) is 14.1. The third-order valence-electron chi connectivity index (χ3n) is 3.84. The average molecular weight is 365 g/mol. The van der Waals surface area contributed by atoms with Gasteiger partial charge in [-0.25, -0.2) is 13.2 Å². The second-order valence-electron chi connectivity index (χ2n) is 5.73. The molecule has 6 nitrogen and oxygen atoms in total. The van der Waals surface area contributed by atoms with Gasteiger partial charge in [-0.3, -0.25) is 4.72 Å². The summed E-state index contributed by atoms with van der Waals surface area (Å²) in [5.74, 6) is 0. The number of anilines is 1. The third-order valence-corrected chi connectivity index (χ3v) is 5.31. The van der Waals surface area contributed by atoms with E-state index < -0.39 is 10.0 Å². The molecule has 1 aromatic heterocycles. The van der Waals surface area contributed by atoms with Crippen LogP contribution in [0.2, 0.25) is 0 Å². The van der Waals surface area contributed by atoms with Gasteiger partial charge in [0, 0.05) is 18.0 Å². The quantitative estimate of drug-likeness (QED) is 0.873. The maximum Gasteiger partial charge on any atom is 0.318 e. The van der Waals surface area contributed by atoms with Gasteiger partial charge in [0.15, 0.2) is 0 Å². The van der Waals surface area contributed by atoms with Crippen molar-refractivity contribution in [1.29, 1.82) is 0 Å². The first-order chi connectivity index (χ1) is 11.4. The standard InChI is InChI=1S/C16H19N3O3S2/c1-24(21,22)18-15-6-2-4-12-11-19(8-7-14(12)15)16(20)17-10-13-5-3-9-23-13/h2-6,9,18H,7-8,10-11H2,1H3,(H,17,20). The third kappa shape index (κ3) is 4.07. The van der Waals surface area contributed by atoms with Gasteiger partial charge >= 0.3 is 6.03 Å². The van der Waals surface area contributed by atoms with Crippen LogP contribution < -0.4 is 10.0 Å². The Morgan fingerprint density at radius 3 is 2.83 bits per heavy atom. The Bertz CT molecular complexity index is 832. The van der Waals surface area contributed by atoms with Crippen LogP contribution in [0.3, 0.4) is 0 Å². The number of nitrogens with zero attached hydrogens (tertiary/aromatic N) is 1. The molecule has 0 saturated carbocycles. The van der Waals surface area contributed by atoms with Crippen LogP contribution >= 0.6 is 11.3 Å². The van der Waals surface area contributed by atoms with Crippen molar-refractivity contribution in [3.63, 3.8) is 0 Å². The molecule has 8 heteroatoms. The Hall–Kier alpha value is -2.06. The number of urea groups is 1. The molecule has 3 rings (SSSR count). The number of carbonyl (C=O) groups is 1. The highest BCUT2D eigenvalue weighted by Crippen LogP contribution is 2.26. The van der Waals surface area contributed by atoms with E-state index in [0.717, 1.165) is 22.3 Å². The monoisotopic (exact) mass is 365 g/mol. The number of fused-ring (bicyclic) bond motifs is 1. The van der Waals surface area contributed by atoms with Gasteiger partial charge in [-0.05, 0) is 35.1 Å². The Balaban J connectivity index is 1.68. The molecule has 24 heavy (non-hydrogen) atoms. The molecule has 0 radical (unpaired) electrons. The number of hydrogen-bond acceptors (Lipinski definition) is 4. The maximum atomic E-state index is 12.3. The summed E-state index contributed by atoms with van der Waals surface area (Å²) in [6.45, 7) is 1.56. The van der Waals surface area contributed by atoms with Crippen molar-refractivity contribution in [2.45, 2.75) is 19.5 Å². The van der Waals surface area contributed by atoms with E-state index in [2.05, 4.69) is 10.0 Å². The lowest BCUT2D eigenvalue weighted by atomic mass is 9.98. The summed E-state index contributed by atoms with van der Waals surface area (Å²) in [5, 5.41) is 4.91. The van der Waals surface area contributed by atoms with Gasteiger partial charge in [-0.15, -0.1) is 11.3 Å². The van der Waals surface area contributed by atoms with Gasteiger partial charge in [0.2, 0.25) is 10.0 Å². The fraction of sp³-hybridized carbons (Fsp3) is 0.312. The summed E-state index contributed by atoms with van der Waals surface area (Å²) >= 11 is 1.61. The lowest BCUT2D eigenvalue weighted by Crippen LogP contribution is -2.42. The highest BCUT2D eigenvalue weighted by atomic mass is 32.2. The molecule has 0 atom stereocenters. The van der Waals surface area contributed by atoms with E-state index in [4.69, 9.17) is 0 Å². The Morgan fingerprint density at radius 1 is 1.29 bits per heavy atom. The predicted octanol–water partition coefficient (Wildman–Crippen LogP) is 2.39. The van der Waals surface area contributed by atoms with Crippen LogP contribution in [0.4, 0.5) is 10.5 Å². The summed E-state index contributed by atoms with van der Waals surface area (Å²) in [6.07, 6.45) is 1.76. The van der Waals surface area contributed by atoms with Crippen LogP contribution in [0.15, 0.2) is 35.7 Å². The van der Waals surface area contributed by atoms with E-state index in [9.17, 15) is 13.2 Å². The molecular weight excluding hydrogens is 346 g/mol. The summed E-state index contributed by atoms with van der Waals surface area (Å²) in [5.41, 5.74) is 2.54. The Kier molecular flexibility index (Phi) is 4.77. The molecule has 128 valence electrons. The van der Waals surface area contributed by atoms with E-state index in [1.165, 1.54) is 0 Å². The number of thiophene rings is 1. The van der Waals surface area contributed by atoms with Crippen LogP contribution in [0, 0.1) is 0 Å². The largest absolute Gasteiger partial charge is 0.333 e. The molecule has 0 fully saturated rings. The maximum absolute atomic E-state index is 12.3. The molecule has 2 heterocycles. The second-order valence-corrected chi connectivity index (χ2v) is 8.51. The van der Waals surface area contributed by atoms with Gasteiger partial charge in [-0.1, -0.05) is 18.2 Å². The minimum atomic E-state index is -3.32. The van der Waals surface area contributed by atoms with Gasteiger partial charge in [0.05, 0.1) is 18.5 Å². The zero-order valence-corrected chi connectivity index (χ0v) is 14.9. The molecule has 1 aromatic carbocycles. The number of carbonyl (C=O) groups excluding carboxylic acids is 1. The average Bonchev–Trinajstić information content (AvgIpc) is 3.04. The molecule has 0 spiro atoms. The minimum Gasteiger partial charge on any atom is -0.333 e. The van der Waals surface area contributed by atoms with E-state index in [1.54, 1.807) is 28.4 Å². The van der Waals surface area contributed by atoms with Crippen molar-refractivity contribution in [1.82, 2.24) is 10.2 Å². The number of sulfonamides is 1. The van der Waals surface area contributed by atoms with E-state index in [0.29, 0.717) is 31.7 Å². The summed E-state index contributed by atoms with van der Waals surface area (Å²) in [6, 6.07) is 9.34. The zero-order valence-electron chi connectivity index (χ0n) is 13.3. The SMILES string of the molecule is CS(=O)(=O)Nc1cccc2c1CCN(C(=O)NCc1cccs1)C2. The number of rotatable bonds is 4. The molecule has 1 aliphatic rings. The summed E-state index contributed by atoms with van der Waals surface area (Å²) in [4.78, 5) is 15.2. The fourth-order valence-corrected chi connectivity index (χ4v) is 4.00. The van der Waals surface area contributed by atoms with Gasteiger partial charge in [0.25, 0.3) is 0 Å². The van der Waals surface area contributed by atoms with Crippen LogP contribution in [0.25, 0.3) is 0 Å². The van der Waals surface area contributed by atoms with Crippen molar-refractivity contribution in [3.05, 3.63) is 51.7 Å². The fourth-order valence-electron chi connectivity index (χ4n) is 2.77. The Labute approximate surface area is 145 Å². The smallest absolute Gasteiger partial charge is 0.318 e. The van der Waals surface area contributed by atoms with Crippen molar-refractivity contribution in [2.24, 2.45) is 0 Å².